The molecule has 1 amide bonds. The van der Waals surface area contributed by atoms with E-state index < -0.39 is 0 Å². The molecule has 7 nitrogen and oxygen atoms in total. The standard InChI is InChI=1S/C20H28N4O3/c1-16-2-5-24(6-3-16)20(25)18-15-27-19(21-18)13-23-9-7-22(8-10-23)12-17-4-11-26-14-17/h4,11,14-16H,2-3,5-10,12-13H2,1H3. The fourth-order valence-corrected chi connectivity index (χ4v) is 3.79. The molecule has 27 heavy (non-hydrogen) atoms. The van der Waals surface area contributed by atoms with Gasteiger partial charge >= 0.3 is 0 Å². The number of piperazine rings is 1. The Morgan fingerprint density at radius 3 is 2.44 bits per heavy atom. The molecule has 2 saturated heterocycles. The third-order valence-electron chi connectivity index (χ3n) is 5.65. The van der Waals surface area contributed by atoms with Crippen LogP contribution in [0.4, 0.5) is 0 Å². The van der Waals surface area contributed by atoms with Gasteiger partial charge in [-0.1, -0.05) is 6.92 Å². The van der Waals surface area contributed by atoms with Crippen LogP contribution >= 0.6 is 0 Å². The molecule has 0 N–H and O–H groups in total. The second-order valence-corrected chi connectivity index (χ2v) is 7.79. The molecule has 2 aromatic heterocycles. The van der Waals surface area contributed by atoms with Gasteiger partial charge in [-0.05, 0) is 24.8 Å². The topological polar surface area (TPSA) is 66.0 Å². The molecular formula is C20H28N4O3. The molecule has 2 aromatic rings. The summed E-state index contributed by atoms with van der Waals surface area (Å²) in [4.78, 5) is 23.7. The molecule has 2 aliphatic heterocycles. The van der Waals surface area contributed by atoms with Gasteiger partial charge in [0.1, 0.15) is 6.26 Å². The van der Waals surface area contributed by atoms with Crippen LogP contribution in [0, 0.1) is 5.92 Å². The Bertz CT molecular complexity index is 726. The Balaban J connectivity index is 1.25. The smallest absolute Gasteiger partial charge is 0.275 e. The van der Waals surface area contributed by atoms with Gasteiger partial charge in [0.05, 0.1) is 19.1 Å². The van der Waals surface area contributed by atoms with Crippen LogP contribution in [-0.4, -0.2) is 64.9 Å². The molecule has 0 unspecified atom stereocenters. The first-order valence-electron chi connectivity index (χ1n) is 9.87. The van der Waals surface area contributed by atoms with Crippen molar-refractivity contribution >= 4 is 5.91 Å². The van der Waals surface area contributed by atoms with Crippen molar-refractivity contribution in [3.8, 4) is 0 Å². The fraction of sp³-hybridized carbons (Fsp3) is 0.600. The molecule has 0 radical (unpaired) electrons. The van der Waals surface area contributed by atoms with Crippen LogP contribution in [0.25, 0.3) is 0 Å². The molecule has 0 saturated carbocycles. The number of likely N-dealkylation sites (tertiary alicyclic amines) is 1. The van der Waals surface area contributed by atoms with Gasteiger partial charge in [0.2, 0.25) is 5.89 Å². The third-order valence-corrected chi connectivity index (χ3v) is 5.65. The van der Waals surface area contributed by atoms with Crippen LogP contribution in [-0.2, 0) is 13.1 Å². The van der Waals surface area contributed by atoms with Gasteiger partial charge < -0.3 is 13.7 Å². The van der Waals surface area contributed by atoms with Crippen molar-refractivity contribution in [3.63, 3.8) is 0 Å². The van der Waals surface area contributed by atoms with E-state index in [9.17, 15) is 4.79 Å². The predicted molar refractivity (Wildman–Crippen MR) is 100 cm³/mol. The highest BCUT2D eigenvalue weighted by Crippen LogP contribution is 2.18. The number of carbonyl (C=O) groups is 1. The molecule has 0 bridgehead atoms. The summed E-state index contributed by atoms with van der Waals surface area (Å²) in [7, 11) is 0. The molecule has 2 fully saturated rings. The second-order valence-electron chi connectivity index (χ2n) is 7.79. The Morgan fingerprint density at radius 1 is 1.07 bits per heavy atom. The third kappa shape index (κ3) is 4.59. The highest BCUT2D eigenvalue weighted by molar-refractivity contribution is 5.92. The lowest BCUT2D eigenvalue weighted by molar-refractivity contribution is 0.0691. The fourth-order valence-electron chi connectivity index (χ4n) is 3.79. The molecule has 7 heteroatoms. The van der Waals surface area contributed by atoms with Gasteiger partial charge in [0.25, 0.3) is 5.91 Å². The van der Waals surface area contributed by atoms with Gasteiger partial charge in [-0.3, -0.25) is 14.6 Å². The van der Waals surface area contributed by atoms with Gasteiger partial charge in [0.15, 0.2) is 5.69 Å². The molecule has 0 spiro atoms. The van der Waals surface area contributed by atoms with E-state index in [-0.39, 0.29) is 5.91 Å². The zero-order valence-electron chi connectivity index (χ0n) is 16.0. The largest absolute Gasteiger partial charge is 0.472 e. The van der Waals surface area contributed by atoms with E-state index >= 15 is 0 Å². The average Bonchev–Trinajstić information content (AvgIpc) is 3.36. The maximum atomic E-state index is 12.6. The number of aromatic nitrogens is 1. The molecule has 2 aliphatic rings. The van der Waals surface area contributed by atoms with Crippen LogP contribution in [0.1, 0.15) is 41.7 Å². The first-order chi connectivity index (χ1) is 13.2. The Morgan fingerprint density at radius 2 is 1.78 bits per heavy atom. The molecule has 146 valence electrons. The quantitative estimate of drug-likeness (QED) is 0.803. The minimum absolute atomic E-state index is 0.00170. The maximum Gasteiger partial charge on any atom is 0.275 e. The first-order valence-corrected chi connectivity index (χ1v) is 9.87. The van der Waals surface area contributed by atoms with Crippen LogP contribution in [0.5, 0.6) is 0 Å². The predicted octanol–water partition coefficient (Wildman–Crippen LogP) is 2.46. The van der Waals surface area contributed by atoms with Crippen molar-refractivity contribution in [3.05, 3.63) is 42.0 Å². The molecular weight excluding hydrogens is 344 g/mol. The second kappa shape index (κ2) is 8.27. The number of furan rings is 1. The summed E-state index contributed by atoms with van der Waals surface area (Å²) in [6.07, 6.45) is 7.18. The number of nitrogens with zero attached hydrogens (tertiary/aromatic N) is 4. The molecule has 0 atom stereocenters. The number of oxazole rings is 1. The maximum absolute atomic E-state index is 12.6. The van der Waals surface area contributed by atoms with Gasteiger partial charge in [-0.25, -0.2) is 4.98 Å². The Kier molecular flexibility index (Phi) is 5.59. The van der Waals surface area contributed by atoms with Gasteiger partial charge in [-0.2, -0.15) is 0 Å². The summed E-state index contributed by atoms with van der Waals surface area (Å²) < 4.78 is 10.7. The number of piperidine rings is 1. The first kappa shape index (κ1) is 18.3. The van der Waals surface area contributed by atoms with E-state index in [0.717, 1.165) is 58.7 Å². The lowest BCUT2D eigenvalue weighted by atomic mass is 9.99. The summed E-state index contributed by atoms with van der Waals surface area (Å²) in [5.74, 6) is 1.34. The van der Waals surface area contributed by atoms with Crippen molar-refractivity contribution in [2.24, 2.45) is 5.92 Å². The highest BCUT2D eigenvalue weighted by Gasteiger charge is 2.25. The molecule has 4 heterocycles. The number of carbonyl (C=O) groups excluding carboxylic acids is 1. The number of rotatable bonds is 5. The van der Waals surface area contributed by atoms with Crippen LogP contribution in [0.2, 0.25) is 0 Å². The van der Waals surface area contributed by atoms with Crippen molar-refractivity contribution < 1.29 is 13.6 Å². The summed E-state index contributed by atoms with van der Waals surface area (Å²) in [5.41, 5.74) is 1.66. The minimum atomic E-state index is 0.00170. The van der Waals surface area contributed by atoms with E-state index in [4.69, 9.17) is 8.83 Å². The van der Waals surface area contributed by atoms with E-state index in [1.807, 2.05) is 11.0 Å². The number of hydrogen-bond donors (Lipinski definition) is 0. The lowest BCUT2D eigenvalue weighted by Gasteiger charge is -2.33. The molecule has 0 aromatic carbocycles. The summed E-state index contributed by atoms with van der Waals surface area (Å²) in [6, 6.07) is 2.01. The SMILES string of the molecule is CC1CCN(C(=O)c2coc(CN3CCN(Cc4ccoc4)CC3)n2)CC1. The minimum Gasteiger partial charge on any atom is -0.472 e. The monoisotopic (exact) mass is 372 g/mol. The van der Waals surface area contributed by atoms with Gasteiger partial charge in [0, 0.05) is 51.4 Å². The van der Waals surface area contributed by atoms with Crippen molar-refractivity contribution in [2.75, 3.05) is 39.3 Å². The summed E-state index contributed by atoms with van der Waals surface area (Å²) in [6.45, 7) is 9.40. The summed E-state index contributed by atoms with van der Waals surface area (Å²) in [5, 5.41) is 0. The zero-order chi connectivity index (χ0) is 18.6. The zero-order valence-corrected chi connectivity index (χ0v) is 16.0. The van der Waals surface area contributed by atoms with Crippen molar-refractivity contribution in [1.29, 1.82) is 0 Å². The van der Waals surface area contributed by atoms with Crippen LogP contribution < -0.4 is 0 Å². The Hall–Kier alpha value is -2.12. The lowest BCUT2D eigenvalue weighted by Crippen LogP contribution is -2.45. The summed E-state index contributed by atoms with van der Waals surface area (Å²) >= 11 is 0. The van der Waals surface area contributed by atoms with E-state index in [1.165, 1.54) is 11.8 Å². The van der Waals surface area contributed by atoms with E-state index in [0.29, 0.717) is 24.0 Å². The van der Waals surface area contributed by atoms with Crippen LogP contribution in [0.3, 0.4) is 0 Å². The van der Waals surface area contributed by atoms with Crippen LogP contribution in [0.15, 0.2) is 33.7 Å². The van der Waals surface area contributed by atoms with E-state index in [1.54, 1.807) is 12.5 Å². The normalized spacial score (nSPS) is 20.3. The molecule has 0 aliphatic carbocycles. The van der Waals surface area contributed by atoms with E-state index in [2.05, 4.69) is 21.7 Å². The number of hydrogen-bond acceptors (Lipinski definition) is 6. The highest BCUT2D eigenvalue weighted by atomic mass is 16.3. The molecule has 4 rings (SSSR count). The number of amides is 1. The Labute approximate surface area is 159 Å². The van der Waals surface area contributed by atoms with Crippen molar-refractivity contribution in [2.45, 2.75) is 32.9 Å². The van der Waals surface area contributed by atoms with Gasteiger partial charge in [-0.15, -0.1) is 0 Å². The van der Waals surface area contributed by atoms with Crippen molar-refractivity contribution in [1.82, 2.24) is 19.7 Å². The average molecular weight is 372 g/mol.